The number of aromatic nitrogens is 1. The van der Waals surface area contributed by atoms with Crippen LogP contribution in [0.15, 0.2) is 36.5 Å². The van der Waals surface area contributed by atoms with E-state index in [0.29, 0.717) is 11.3 Å². The highest BCUT2D eigenvalue weighted by atomic mass is 35.5. The fourth-order valence-corrected chi connectivity index (χ4v) is 3.46. The molecule has 9 heteroatoms. The van der Waals surface area contributed by atoms with Crippen LogP contribution >= 0.6 is 11.6 Å². The molecular formula is C19H14ClF3N4O. The molecule has 0 radical (unpaired) electrons. The predicted octanol–water partition coefficient (Wildman–Crippen LogP) is 3.93. The topological polar surface area (TPSA) is 81.7 Å². The molecule has 28 heavy (non-hydrogen) atoms. The van der Waals surface area contributed by atoms with Crippen LogP contribution in [0.1, 0.15) is 29.2 Å². The first-order chi connectivity index (χ1) is 13.3. The number of nitrogens with zero attached hydrogens (tertiary/aromatic N) is 3. The molecule has 1 unspecified atom stereocenters. The summed E-state index contributed by atoms with van der Waals surface area (Å²) in [5, 5.41) is 20.4. The van der Waals surface area contributed by atoms with Crippen molar-refractivity contribution in [2.45, 2.75) is 30.6 Å². The van der Waals surface area contributed by atoms with Crippen LogP contribution in [0.4, 0.5) is 13.2 Å². The van der Waals surface area contributed by atoms with Gasteiger partial charge in [0.25, 0.3) is 0 Å². The Kier molecular flexibility index (Phi) is 5.73. The van der Waals surface area contributed by atoms with E-state index in [4.69, 9.17) is 26.9 Å². The van der Waals surface area contributed by atoms with Gasteiger partial charge in [-0.25, -0.2) is 4.98 Å². The monoisotopic (exact) mass is 406 g/mol. The molecule has 5 nitrogen and oxygen atoms in total. The second-order valence-electron chi connectivity index (χ2n) is 6.38. The van der Waals surface area contributed by atoms with Gasteiger partial charge in [0.05, 0.1) is 16.8 Å². The highest BCUT2D eigenvalue weighted by molar-refractivity contribution is 6.31. The van der Waals surface area contributed by atoms with Gasteiger partial charge >= 0.3 is 6.18 Å². The van der Waals surface area contributed by atoms with Gasteiger partial charge in [0.1, 0.15) is 36.2 Å². The number of pyridine rings is 1. The molecular weight excluding hydrogens is 393 g/mol. The Balaban J connectivity index is 1.74. The van der Waals surface area contributed by atoms with Crippen molar-refractivity contribution in [1.29, 1.82) is 10.5 Å². The summed E-state index contributed by atoms with van der Waals surface area (Å²) in [7, 11) is 0. The number of nitrogens with one attached hydrogen (secondary N) is 1. The van der Waals surface area contributed by atoms with E-state index in [2.05, 4.69) is 10.3 Å². The Labute approximate surface area is 164 Å². The van der Waals surface area contributed by atoms with Crippen LogP contribution in [0.3, 0.4) is 0 Å². The minimum absolute atomic E-state index is 0.0146. The summed E-state index contributed by atoms with van der Waals surface area (Å²) >= 11 is 5.99. The van der Waals surface area contributed by atoms with Gasteiger partial charge in [-0.05, 0) is 36.2 Å². The average molecular weight is 407 g/mol. The number of ether oxygens (including phenoxy) is 1. The molecule has 2 heterocycles. The van der Waals surface area contributed by atoms with Crippen molar-refractivity contribution in [1.82, 2.24) is 10.3 Å². The van der Waals surface area contributed by atoms with E-state index in [9.17, 15) is 13.2 Å². The van der Waals surface area contributed by atoms with Gasteiger partial charge < -0.3 is 4.74 Å². The van der Waals surface area contributed by atoms with Gasteiger partial charge in [-0.15, -0.1) is 0 Å². The van der Waals surface area contributed by atoms with Gasteiger partial charge in [0.2, 0.25) is 0 Å². The van der Waals surface area contributed by atoms with Crippen molar-refractivity contribution in [2.75, 3.05) is 6.61 Å². The van der Waals surface area contributed by atoms with Crippen molar-refractivity contribution in [3.63, 3.8) is 0 Å². The Morgan fingerprint density at radius 2 is 2.00 bits per heavy atom. The van der Waals surface area contributed by atoms with E-state index in [1.165, 1.54) is 30.5 Å². The SMILES string of the molecule is N#Cc1ccc(OC[C@@H]2CC(c3ccc(C#N)c(Cl)c3)[C@H](C(F)(F)F)N2)cn1. The lowest BCUT2D eigenvalue weighted by atomic mass is 9.90. The summed E-state index contributed by atoms with van der Waals surface area (Å²) in [5.41, 5.74) is 0.857. The van der Waals surface area contributed by atoms with Crippen LogP contribution in [0, 0.1) is 22.7 Å². The molecule has 1 saturated heterocycles. The lowest BCUT2D eigenvalue weighted by Crippen LogP contribution is -2.44. The molecule has 1 N–H and O–H groups in total. The summed E-state index contributed by atoms with van der Waals surface area (Å²) in [6, 6.07) is 8.84. The van der Waals surface area contributed by atoms with Crippen LogP contribution < -0.4 is 10.1 Å². The van der Waals surface area contributed by atoms with Gasteiger partial charge in [-0.1, -0.05) is 17.7 Å². The van der Waals surface area contributed by atoms with Crippen LogP contribution in [0.2, 0.25) is 5.02 Å². The maximum atomic E-state index is 13.5. The minimum Gasteiger partial charge on any atom is -0.490 e. The molecule has 0 spiro atoms. The first-order valence-corrected chi connectivity index (χ1v) is 8.71. The predicted molar refractivity (Wildman–Crippen MR) is 94.7 cm³/mol. The Bertz CT molecular complexity index is 934. The molecule has 0 amide bonds. The van der Waals surface area contributed by atoms with Gasteiger partial charge in [-0.2, -0.15) is 23.7 Å². The molecule has 144 valence electrons. The average Bonchev–Trinajstić information content (AvgIpc) is 3.11. The molecule has 1 fully saturated rings. The standard InChI is InChI=1S/C19H14ClF3N4O/c20-17-5-11(1-2-12(17)7-24)16-6-14(27-18(16)19(21,22)23)10-28-15-4-3-13(8-25)26-9-15/h1-5,9,14,16,18,27H,6,10H2/t14-,16?,18+/m0/s1. The first-order valence-electron chi connectivity index (χ1n) is 8.33. The normalized spacial score (nSPS) is 21.7. The number of alkyl halides is 3. The van der Waals surface area contributed by atoms with E-state index >= 15 is 0 Å². The molecule has 0 aliphatic carbocycles. The Hall–Kier alpha value is -2.81. The van der Waals surface area contributed by atoms with Crippen LogP contribution in [0.5, 0.6) is 5.75 Å². The molecule has 1 aromatic heterocycles. The maximum Gasteiger partial charge on any atom is 0.404 e. The fraction of sp³-hybridized carbons (Fsp3) is 0.316. The van der Waals surface area contributed by atoms with Crippen molar-refractivity contribution in [2.24, 2.45) is 0 Å². The molecule has 3 atom stereocenters. The summed E-state index contributed by atoms with van der Waals surface area (Å²) in [5.74, 6) is -0.479. The summed E-state index contributed by atoms with van der Waals surface area (Å²) in [6.45, 7) is 0.0146. The molecule has 3 rings (SSSR count). The van der Waals surface area contributed by atoms with Gasteiger partial charge in [0.15, 0.2) is 0 Å². The zero-order valence-electron chi connectivity index (χ0n) is 14.4. The number of nitriles is 2. The van der Waals surface area contributed by atoms with Crippen molar-refractivity contribution in [3.05, 3.63) is 58.4 Å². The van der Waals surface area contributed by atoms with Crippen LogP contribution in [-0.2, 0) is 0 Å². The molecule has 0 bridgehead atoms. The first kappa shape index (κ1) is 19.9. The number of rotatable bonds is 4. The van der Waals surface area contributed by atoms with Crippen molar-refractivity contribution < 1.29 is 17.9 Å². The largest absolute Gasteiger partial charge is 0.490 e. The zero-order chi connectivity index (χ0) is 20.3. The quantitative estimate of drug-likeness (QED) is 0.831. The Morgan fingerprint density at radius 1 is 1.21 bits per heavy atom. The van der Waals surface area contributed by atoms with Gasteiger partial charge in [-0.3, -0.25) is 5.32 Å². The lowest BCUT2D eigenvalue weighted by Gasteiger charge is -2.23. The molecule has 2 aromatic rings. The number of benzene rings is 1. The summed E-state index contributed by atoms with van der Waals surface area (Å²) < 4.78 is 46.1. The Morgan fingerprint density at radius 3 is 2.57 bits per heavy atom. The second kappa shape index (κ2) is 8.05. The number of halogens is 4. The van der Waals surface area contributed by atoms with E-state index in [1.807, 2.05) is 12.1 Å². The number of hydrogen-bond donors (Lipinski definition) is 1. The summed E-state index contributed by atoms with van der Waals surface area (Å²) in [6.07, 6.45) is -2.90. The maximum absolute atomic E-state index is 13.5. The molecule has 0 saturated carbocycles. The highest BCUT2D eigenvalue weighted by Gasteiger charge is 2.50. The number of hydrogen-bond acceptors (Lipinski definition) is 5. The third-order valence-corrected chi connectivity index (χ3v) is 4.87. The van der Waals surface area contributed by atoms with Crippen molar-refractivity contribution >= 4 is 11.6 Å². The minimum atomic E-state index is -4.45. The van der Waals surface area contributed by atoms with Gasteiger partial charge in [0, 0.05) is 12.0 Å². The molecule has 1 aliphatic heterocycles. The third kappa shape index (κ3) is 4.36. The molecule has 1 aromatic carbocycles. The zero-order valence-corrected chi connectivity index (χ0v) is 15.1. The highest BCUT2D eigenvalue weighted by Crippen LogP contribution is 2.40. The summed E-state index contributed by atoms with van der Waals surface area (Å²) in [4.78, 5) is 3.86. The van der Waals surface area contributed by atoms with Crippen LogP contribution in [-0.4, -0.2) is 29.9 Å². The molecule has 1 aliphatic rings. The lowest BCUT2D eigenvalue weighted by molar-refractivity contribution is -0.156. The fourth-order valence-electron chi connectivity index (χ4n) is 3.23. The van der Waals surface area contributed by atoms with Crippen LogP contribution in [0.25, 0.3) is 0 Å². The van der Waals surface area contributed by atoms with Crippen molar-refractivity contribution in [3.8, 4) is 17.9 Å². The van der Waals surface area contributed by atoms with E-state index in [-0.39, 0.29) is 29.3 Å². The smallest absolute Gasteiger partial charge is 0.404 e. The van der Waals surface area contributed by atoms with E-state index in [0.717, 1.165) is 0 Å². The second-order valence-corrected chi connectivity index (χ2v) is 6.79. The van der Waals surface area contributed by atoms with E-state index in [1.54, 1.807) is 6.07 Å². The van der Waals surface area contributed by atoms with E-state index < -0.39 is 24.2 Å². The third-order valence-electron chi connectivity index (χ3n) is 4.55.